The summed E-state index contributed by atoms with van der Waals surface area (Å²) in [5.74, 6) is 0. The molecular weight excluding hydrogens is 230 g/mol. The maximum atomic E-state index is 11.4. The van der Waals surface area contributed by atoms with Crippen molar-refractivity contribution in [2.45, 2.75) is 39.2 Å². The Bertz CT molecular complexity index is 349. The van der Waals surface area contributed by atoms with Crippen LogP contribution in [0.25, 0.3) is 0 Å². The maximum Gasteiger partial charge on any atom is 0.410 e. The molecule has 1 aromatic rings. The number of nitrogens with zero attached hydrogens (tertiary/aromatic N) is 3. The van der Waals surface area contributed by atoms with Gasteiger partial charge in [0.25, 0.3) is 0 Å². The Morgan fingerprint density at radius 3 is 2.22 bits per heavy atom. The number of amides is 1. The van der Waals surface area contributed by atoms with Crippen LogP contribution in [0.4, 0.5) is 4.79 Å². The quantitative estimate of drug-likeness (QED) is 0.713. The molecule has 1 aliphatic heterocycles. The molecule has 5 nitrogen and oxygen atoms in total. The first-order valence-electron chi connectivity index (χ1n) is 6.28. The molecule has 0 saturated carbocycles. The third kappa shape index (κ3) is 5.70. The molecule has 0 spiro atoms. The second-order valence-corrected chi connectivity index (χ2v) is 5.40. The predicted octanol–water partition coefficient (Wildman–Crippen LogP) is 2.44. The number of aromatic nitrogens is 2. The van der Waals surface area contributed by atoms with Gasteiger partial charge in [-0.15, -0.1) is 0 Å². The van der Waals surface area contributed by atoms with Crippen molar-refractivity contribution in [3.8, 4) is 0 Å². The van der Waals surface area contributed by atoms with Gasteiger partial charge in [-0.3, -0.25) is 0 Å². The molecule has 0 atom stereocenters. The highest BCUT2D eigenvalue weighted by Crippen LogP contribution is 2.14. The number of ether oxygens (including phenoxy) is 1. The monoisotopic (exact) mass is 253 g/mol. The van der Waals surface area contributed by atoms with E-state index in [0.29, 0.717) is 0 Å². The van der Waals surface area contributed by atoms with Gasteiger partial charge in [-0.2, -0.15) is 0 Å². The molecule has 0 N–H and O–H groups in total. The Labute approximate surface area is 109 Å². The zero-order chi connectivity index (χ0) is 13.6. The molecular formula is C13H23N3O2. The van der Waals surface area contributed by atoms with Crippen molar-refractivity contribution in [3.05, 3.63) is 18.7 Å². The van der Waals surface area contributed by atoms with Gasteiger partial charge in [-0.1, -0.05) is 0 Å². The number of likely N-dealkylation sites (tertiary alicyclic amines) is 1. The van der Waals surface area contributed by atoms with Crippen molar-refractivity contribution in [2.75, 3.05) is 13.1 Å². The maximum absolute atomic E-state index is 11.4. The minimum Gasteiger partial charge on any atom is -0.444 e. The number of aryl methyl sites for hydroxylation is 1. The molecule has 0 radical (unpaired) electrons. The average Bonchev–Trinajstić information content (AvgIpc) is 2.86. The Morgan fingerprint density at radius 2 is 1.89 bits per heavy atom. The van der Waals surface area contributed by atoms with Crippen LogP contribution in [0.2, 0.25) is 0 Å². The molecule has 2 rings (SSSR count). The first kappa shape index (κ1) is 14.5. The van der Waals surface area contributed by atoms with Crippen LogP contribution in [0.15, 0.2) is 18.7 Å². The van der Waals surface area contributed by atoms with E-state index in [1.807, 2.05) is 38.6 Å². The van der Waals surface area contributed by atoms with Crippen LogP contribution < -0.4 is 0 Å². The second-order valence-electron chi connectivity index (χ2n) is 5.40. The van der Waals surface area contributed by atoms with Gasteiger partial charge in [0.05, 0.1) is 6.33 Å². The fraction of sp³-hybridized carbons (Fsp3) is 0.692. The second kappa shape index (κ2) is 6.42. The summed E-state index contributed by atoms with van der Waals surface area (Å²) in [7, 11) is 1.94. The number of carbonyl (C=O) groups excluding carboxylic acids is 1. The van der Waals surface area contributed by atoms with Crippen LogP contribution in [0.1, 0.15) is 33.6 Å². The van der Waals surface area contributed by atoms with E-state index in [-0.39, 0.29) is 11.7 Å². The molecule has 1 aliphatic rings. The number of hydrogen-bond acceptors (Lipinski definition) is 3. The summed E-state index contributed by atoms with van der Waals surface area (Å²) in [6, 6.07) is 0. The van der Waals surface area contributed by atoms with Crippen molar-refractivity contribution < 1.29 is 9.53 Å². The smallest absolute Gasteiger partial charge is 0.410 e. The van der Waals surface area contributed by atoms with Crippen LogP contribution >= 0.6 is 0 Å². The van der Waals surface area contributed by atoms with Crippen molar-refractivity contribution in [2.24, 2.45) is 7.05 Å². The molecule has 18 heavy (non-hydrogen) atoms. The van der Waals surface area contributed by atoms with Crippen LogP contribution in [0.5, 0.6) is 0 Å². The fourth-order valence-corrected chi connectivity index (χ4v) is 1.55. The minimum absolute atomic E-state index is 0.167. The van der Waals surface area contributed by atoms with Gasteiger partial charge >= 0.3 is 6.09 Å². The van der Waals surface area contributed by atoms with Crippen molar-refractivity contribution in [1.29, 1.82) is 0 Å². The molecule has 102 valence electrons. The number of imidazole rings is 1. The minimum atomic E-state index is -0.361. The summed E-state index contributed by atoms with van der Waals surface area (Å²) >= 11 is 0. The molecule has 0 aliphatic carbocycles. The number of rotatable bonds is 0. The van der Waals surface area contributed by atoms with E-state index in [4.69, 9.17) is 4.74 Å². The van der Waals surface area contributed by atoms with E-state index in [0.717, 1.165) is 25.9 Å². The standard InChI is InChI=1S/C9H17NO2.C4H6N2/c1-9(2,3)12-8(11)10-6-4-5-7-10;1-6-3-2-5-4-6/h4-7H2,1-3H3;2-4H,1H3. The lowest BCUT2D eigenvalue weighted by molar-refractivity contribution is 0.0295. The van der Waals surface area contributed by atoms with Gasteiger partial charge in [-0.05, 0) is 33.6 Å². The molecule has 0 bridgehead atoms. The Balaban J connectivity index is 0.000000225. The van der Waals surface area contributed by atoms with E-state index in [1.165, 1.54) is 0 Å². The van der Waals surface area contributed by atoms with Gasteiger partial charge in [0, 0.05) is 32.5 Å². The van der Waals surface area contributed by atoms with Gasteiger partial charge in [0.2, 0.25) is 0 Å². The topological polar surface area (TPSA) is 47.4 Å². The summed E-state index contributed by atoms with van der Waals surface area (Å²) in [4.78, 5) is 16.9. The molecule has 2 heterocycles. The Hall–Kier alpha value is -1.52. The molecule has 0 unspecified atom stereocenters. The first-order valence-corrected chi connectivity index (χ1v) is 6.28. The first-order chi connectivity index (χ1) is 8.38. The summed E-state index contributed by atoms with van der Waals surface area (Å²) in [5, 5.41) is 0. The zero-order valence-corrected chi connectivity index (χ0v) is 11.7. The largest absolute Gasteiger partial charge is 0.444 e. The molecule has 1 saturated heterocycles. The molecule has 1 aromatic heterocycles. The van der Waals surface area contributed by atoms with Crippen molar-refractivity contribution >= 4 is 6.09 Å². The summed E-state index contributed by atoms with van der Waals surface area (Å²) < 4.78 is 7.10. The third-order valence-corrected chi connectivity index (χ3v) is 2.39. The van der Waals surface area contributed by atoms with Crippen molar-refractivity contribution in [1.82, 2.24) is 14.5 Å². The zero-order valence-electron chi connectivity index (χ0n) is 11.7. The van der Waals surface area contributed by atoms with Crippen LogP contribution in [0, 0.1) is 0 Å². The summed E-state index contributed by atoms with van der Waals surface area (Å²) in [6.07, 6.45) is 7.44. The molecule has 1 amide bonds. The van der Waals surface area contributed by atoms with Gasteiger partial charge < -0.3 is 14.2 Å². The highest BCUT2D eigenvalue weighted by molar-refractivity contribution is 5.68. The normalized spacial score (nSPS) is 15.0. The van der Waals surface area contributed by atoms with Crippen LogP contribution in [-0.2, 0) is 11.8 Å². The van der Waals surface area contributed by atoms with E-state index >= 15 is 0 Å². The number of hydrogen-bond donors (Lipinski definition) is 0. The number of carbonyl (C=O) groups is 1. The fourth-order valence-electron chi connectivity index (χ4n) is 1.55. The van der Waals surface area contributed by atoms with E-state index in [2.05, 4.69) is 4.98 Å². The predicted molar refractivity (Wildman–Crippen MR) is 70.2 cm³/mol. The molecule has 5 heteroatoms. The van der Waals surface area contributed by atoms with E-state index in [9.17, 15) is 4.79 Å². The lowest BCUT2D eigenvalue weighted by Gasteiger charge is -2.23. The van der Waals surface area contributed by atoms with Crippen LogP contribution in [-0.4, -0.2) is 39.2 Å². The van der Waals surface area contributed by atoms with E-state index in [1.54, 1.807) is 17.4 Å². The summed E-state index contributed by atoms with van der Waals surface area (Å²) in [5.41, 5.74) is -0.361. The van der Waals surface area contributed by atoms with Crippen molar-refractivity contribution in [3.63, 3.8) is 0 Å². The highest BCUT2D eigenvalue weighted by Gasteiger charge is 2.23. The lowest BCUT2D eigenvalue weighted by Crippen LogP contribution is -2.34. The SMILES string of the molecule is CC(C)(C)OC(=O)N1CCCC1.Cn1ccnc1. The van der Waals surface area contributed by atoms with Gasteiger partial charge in [-0.25, -0.2) is 9.78 Å². The molecule has 0 aromatic carbocycles. The van der Waals surface area contributed by atoms with Crippen LogP contribution in [0.3, 0.4) is 0 Å². The molecule has 1 fully saturated rings. The Morgan fingerprint density at radius 1 is 1.28 bits per heavy atom. The van der Waals surface area contributed by atoms with Gasteiger partial charge in [0.15, 0.2) is 0 Å². The summed E-state index contributed by atoms with van der Waals surface area (Å²) in [6.45, 7) is 7.38. The van der Waals surface area contributed by atoms with Gasteiger partial charge in [0.1, 0.15) is 5.60 Å². The third-order valence-electron chi connectivity index (χ3n) is 2.39. The highest BCUT2D eigenvalue weighted by atomic mass is 16.6. The lowest BCUT2D eigenvalue weighted by atomic mass is 10.2. The van der Waals surface area contributed by atoms with E-state index < -0.39 is 0 Å². The Kier molecular flexibility index (Phi) is 5.19. The average molecular weight is 253 g/mol.